The van der Waals surface area contributed by atoms with E-state index in [0.717, 1.165) is 21.9 Å². The number of hydrogen-bond acceptors (Lipinski definition) is 5. The number of aromatic nitrogens is 1. The minimum Gasteiger partial charge on any atom is -0.508 e. The average molecular weight is 315 g/mol. The van der Waals surface area contributed by atoms with Crippen molar-refractivity contribution in [3.63, 3.8) is 0 Å². The Bertz CT molecular complexity index is 1020. The summed E-state index contributed by atoms with van der Waals surface area (Å²) in [4.78, 5) is 4.16. The second kappa shape index (κ2) is 5.28. The number of phenolic OH excluding ortho intramolecular Hbond substituents is 1. The van der Waals surface area contributed by atoms with Gasteiger partial charge in [0.15, 0.2) is 0 Å². The van der Waals surface area contributed by atoms with Crippen LogP contribution >= 0.6 is 0 Å². The fourth-order valence-corrected chi connectivity index (χ4v) is 3.16. The highest BCUT2D eigenvalue weighted by Gasteiger charge is 2.32. The summed E-state index contributed by atoms with van der Waals surface area (Å²) < 4.78 is 5.67. The summed E-state index contributed by atoms with van der Waals surface area (Å²) >= 11 is 0. The summed E-state index contributed by atoms with van der Waals surface area (Å²) in [6.07, 6.45) is 3.39. The van der Waals surface area contributed by atoms with Crippen molar-refractivity contribution in [3.05, 3.63) is 77.4 Å². The SMILES string of the molecule is N#CC1=C(N)Oc2ccc3ccc(O)cc3c2[C@H]1c1cccnc1. The van der Waals surface area contributed by atoms with E-state index in [-0.39, 0.29) is 11.6 Å². The van der Waals surface area contributed by atoms with E-state index in [9.17, 15) is 10.4 Å². The highest BCUT2D eigenvalue weighted by molar-refractivity contribution is 5.91. The molecule has 5 heteroatoms. The Hall–Kier alpha value is -3.52. The van der Waals surface area contributed by atoms with Crippen LogP contribution in [0.3, 0.4) is 0 Å². The second-order valence-electron chi connectivity index (χ2n) is 5.59. The number of benzene rings is 2. The number of fused-ring (bicyclic) bond motifs is 3. The van der Waals surface area contributed by atoms with E-state index < -0.39 is 5.92 Å². The Morgan fingerprint density at radius 3 is 2.79 bits per heavy atom. The zero-order chi connectivity index (χ0) is 16.7. The molecular formula is C19H13N3O2. The van der Waals surface area contributed by atoms with Gasteiger partial charge in [-0.05, 0) is 40.6 Å². The quantitative estimate of drug-likeness (QED) is 0.719. The molecule has 24 heavy (non-hydrogen) atoms. The fourth-order valence-electron chi connectivity index (χ4n) is 3.16. The molecule has 0 aliphatic carbocycles. The maximum Gasteiger partial charge on any atom is 0.205 e. The molecule has 0 bridgehead atoms. The smallest absolute Gasteiger partial charge is 0.205 e. The van der Waals surface area contributed by atoms with Crippen molar-refractivity contribution < 1.29 is 9.84 Å². The topological polar surface area (TPSA) is 92.2 Å². The normalized spacial score (nSPS) is 16.4. The molecule has 1 atom stereocenters. The lowest BCUT2D eigenvalue weighted by Gasteiger charge is -2.27. The first-order valence-electron chi connectivity index (χ1n) is 7.42. The molecule has 1 aliphatic heterocycles. The molecule has 2 aromatic carbocycles. The number of nitriles is 1. The number of ether oxygens (including phenoxy) is 1. The monoisotopic (exact) mass is 315 g/mol. The van der Waals surface area contributed by atoms with Gasteiger partial charge in [-0.15, -0.1) is 0 Å². The number of aromatic hydroxyl groups is 1. The van der Waals surface area contributed by atoms with E-state index in [1.807, 2.05) is 30.3 Å². The summed E-state index contributed by atoms with van der Waals surface area (Å²) in [5.41, 5.74) is 7.96. The van der Waals surface area contributed by atoms with Crippen molar-refractivity contribution >= 4 is 10.8 Å². The van der Waals surface area contributed by atoms with Crippen LogP contribution in [0.5, 0.6) is 11.5 Å². The lowest BCUT2D eigenvalue weighted by Crippen LogP contribution is -2.21. The van der Waals surface area contributed by atoms with Crippen LogP contribution in [0.15, 0.2) is 66.3 Å². The first-order valence-corrected chi connectivity index (χ1v) is 7.42. The Morgan fingerprint density at radius 1 is 1.21 bits per heavy atom. The number of hydrogen-bond donors (Lipinski definition) is 2. The molecule has 0 unspecified atom stereocenters. The summed E-state index contributed by atoms with van der Waals surface area (Å²) in [5.74, 6) is 0.441. The molecule has 3 N–H and O–H groups in total. The number of phenols is 1. The predicted molar refractivity (Wildman–Crippen MR) is 89.1 cm³/mol. The molecule has 4 rings (SSSR count). The van der Waals surface area contributed by atoms with Crippen LogP contribution in [0.2, 0.25) is 0 Å². The summed E-state index contributed by atoms with van der Waals surface area (Å²) in [6.45, 7) is 0. The van der Waals surface area contributed by atoms with E-state index in [2.05, 4.69) is 11.1 Å². The number of nitrogens with zero attached hydrogens (tertiary/aromatic N) is 2. The molecule has 2 heterocycles. The molecular weight excluding hydrogens is 302 g/mol. The summed E-state index contributed by atoms with van der Waals surface area (Å²) in [7, 11) is 0. The van der Waals surface area contributed by atoms with Crippen molar-refractivity contribution in [1.29, 1.82) is 5.26 Å². The van der Waals surface area contributed by atoms with Crippen molar-refractivity contribution in [3.8, 4) is 17.6 Å². The zero-order valence-electron chi connectivity index (χ0n) is 12.6. The van der Waals surface area contributed by atoms with E-state index in [1.54, 1.807) is 24.5 Å². The molecule has 3 aromatic rings. The van der Waals surface area contributed by atoms with Crippen LogP contribution in [0.1, 0.15) is 17.0 Å². The number of rotatable bonds is 1. The van der Waals surface area contributed by atoms with Gasteiger partial charge in [0.1, 0.15) is 23.1 Å². The van der Waals surface area contributed by atoms with Gasteiger partial charge in [0.25, 0.3) is 0 Å². The van der Waals surface area contributed by atoms with Gasteiger partial charge in [0.2, 0.25) is 5.88 Å². The molecule has 0 radical (unpaired) electrons. The number of nitrogens with two attached hydrogens (primary N) is 1. The van der Waals surface area contributed by atoms with Crippen LogP contribution < -0.4 is 10.5 Å². The molecule has 1 aliphatic rings. The number of pyridine rings is 1. The molecule has 0 spiro atoms. The Balaban J connectivity index is 2.09. The van der Waals surface area contributed by atoms with Crippen LogP contribution in [-0.4, -0.2) is 10.1 Å². The van der Waals surface area contributed by atoms with Gasteiger partial charge in [-0.2, -0.15) is 5.26 Å². The van der Waals surface area contributed by atoms with Gasteiger partial charge >= 0.3 is 0 Å². The molecule has 1 aromatic heterocycles. The highest BCUT2D eigenvalue weighted by atomic mass is 16.5. The van der Waals surface area contributed by atoms with Crippen molar-refractivity contribution in [2.75, 3.05) is 0 Å². The number of allylic oxidation sites excluding steroid dienone is 1. The van der Waals surface area contributed by atoms with Crippen molar-refractivity contribution in [2.24, 2.45) is 5.73 Å². The maximum absolute atomic E-state index is 9.91. The fraction of sp³-hybridized carbons (Fsp3) is 0.0526. The van der Waals surface area contributed by atoms with E-state index >= 15 is 0 Å². The molecule has 0 amide bonds. The van der Waals surface area contributed by atoms with E-state index in [4.69, 9.17) is 10.5 Å². The van der Waals surface area contributed by atoms with Crippen LogP contribution in [0.4, 0.5) is 0 Å². The Labute approximate surface area is 138 Å². The van der Waals surface area contributed by atoms with Crippen LogP contribution in [-0.2, 0) is 0 Å². The Morgan fingerprint density at radius 2 is 2.04 bits per heavy atom. The summed E-state index contributed by atoms with van der Waals surface area (Å²) in [6, 6.07) is 14.8. The van der Waals surface area contributed by atoms with Crippen LogP contribution in [0, 0.1) is 11.3 Å². The second-order valence-corrected chi connectivity index (χ2v) is 5.59. The van der Waals surface area contributed by atoms with Gasteiger partial charge in [-0.3, -0.25) is 4.98 Å². The molecule has 0 fully saturated rings. The van der Waals surface area contributed by atoms with Gasteiger partial charge in [-0.1, -0.05) is 18.2 Å². The molecule has 5 nitrogen and oxygen atoms in total. The van der Waals surface area contributed by atoms with Gasteiger partial charge in [0.05, 0.1) is 5.92 Å². The minimum absolute atomic E-state index is 0.0957. The van der Waals surface area contributed by atoms with Gasteiger partial charge in [0, 0.05) is 18.0 Å². The lowest BCUT2D eigenvalue weighted by atomic mass is 9.82. The van der Waals surface area contributed by atoms with Crippen molar-refractivity contribution in [1.82, 2.24) is 4.98 Å². The standard InChI is InChI=1S/C19H13N3O2/c20-9-15-17(12-2-1-7-22-10-12)18-14-8-13(23)5-3-11(14)4-6-16(18)24-19(15)21/h1-8,10,17,23H,21H2/t17-/m0/s1. The van der Waals surface area contributed by atoms with Gasteiger partial charge in [-0.25, -0.2) is 0 Å². The summed E-state index contributed by atoms with van der Waals surface area (Å²) in [5, 5.41) is 21.3. The Kier molecular flexibility index (Phi) is 3.10. The van der Waals surface area contributed by atoms with E-state index in [1.165, 1.54) is 0 Å². The molecule has 0 saturated heterocycles. The van der Waals surface area contributed by atoms with Crippen LogP contribution in [0.25, 0.3) is 10.8 Å². The van der Waals surface area contributed by atoms with Crippen molar-refractivity contribution in [2.45, 2.75) is 5.92 Å². The zero-order valence-corrected chi connectivity index (χ0v) is 12.6. The lowest BCUT2D eigenvalue weighted by molar-refractivity contribution is 0.395. The third-order valence-electron chi connectivity index (χ3n) is 4.21. The largest absolute Gasteiger partial charge is 0.508 e. The maximum atomic E-state index is 9.91. The average Bonchev–Trinajstić information content (AvgIpc) is 2.61. The third-order valence-corrected chi connectivity index (χ3v) is 4.21. The minimum atomic E-state index is -0.391. The first-order chi connectivity index (χ1) is 11.7. The van der Waals surface area contributed by atoms with E-state index in [0.29, 0.717) is 11.3 Å². The molecule has 0 saturated carbocycles. The van der Waals surface area contributed by atoms with Gasteiger partial charge < -0.3 is 15.6 Å². The highest BCUT2D eigenvalue weighted by Crippen LogP contribution is 2.45. The first kappa shape index (κ1) is 14.1. The third kappa shape index (κ3) is 2.05. The molecule has 116 valence electrons. The predicted octanol–water partition coefficient (Wildman–Crippen LogP) is 3.16.